The first-order valence-electron chi connectivity index (χ1n) is 10.8. The lowest BCUT2D eigenvalue weighted by atomic mass is 9.83. The number of hydrogen-bond donors (Lipinski definition) is 0. The van der Waals surface area contributed by atoms with E-state index in [1.54, 1.807) is 17.9 Å². The SMILES string of the molecule is Cc1cc(C2CC(C(=O)N(C)Cc3ccccc3)CN(C(=O)C3CC3)C2)ccc1F. The Morgan fingerprint density at radius 2 is 1.80 bits per heavy atom. The van der Waals surface area contributed by atoms with Gasteiger partial charge in [-0.2, -0.15) is 0 Å². The van der Waals surface area contributed by atoms with Crippen LogP contribution in [0.5, 0.6) is 0 Å². The summed E-state index contributed by atoms with van der Waals surface area (Å²) in [4.78, 5) is 29.8. The smallest absolute Gasteiger partial charge is 0.227 e. The first-order chi connectivity index (χ1) is 14.4. The fourth-order valence-electron chi connectivity index (χ4n) is 4.46. The molecule has 2 atom stereocenters. The van der Waals surface area contributed by atoms with Crippen molar-refractivity contribution in [1.82, 2.24) is 9.80 Å². The van der Waals surface area contributed by atoms with Crippen molar-refractivity contribution in [3.05, 3.63) is 71.0 Å². The van der Waals surface area contributed by atoms with Gasteiger partial charge in [-0.3, -0.25) is 9.59 Å². The zero-order chi connectivity index (χ0) is 21.3. The summed E-state index contributed by atoms with van der Waals surface area (Å²) in [6.45, 7) is 3.38. The predicted molar refractivity (Wildman–Crippen MR) is 114 cm³/mol. The minimum Gasteiger partial charge on any atom is -0.341 e. The Balaban J connectivity index is 1.53. The van der Waals surface area contributed by atoms with Crippen LogP contribution < -0.4 is 0 Å². The van der Waals surface area contributed by atoms with Crippen molar-refractivity contribution >= 4 is 11.8 Å². The van der Waals surface area contributed by atoms with Gasteiger partial charge in [-0.15, -0.1) is 0 Å². The molecule has 158 valence electrons. The van der Waals surface area contributed by atoms with Crippen molar-refractivity contribution < 1.29 is 14.0 Å². The molecule has 5 heteroatoms. The maximum Gasteiger partial charge on any atom is 0.227 e. The summed E-state index contributed by atoms with van der Waals surface area (Å²) in [7, 11) is 1.83. The highest BCUT2D eigenvalue weighted by Gasteiger charge is 2.40. The second kappa shape index (κ2) is 8.58. The molecule has 1 aliphatic heterocycles. The summed E-state index contributed by atoms with van der Waals surface area (Å²) >= 11 is 0. The molecule has 1 saturated carbocycles. The van der Waals surface area contributed by atoms with E-state index in [0.29, 0.717) is 31.6 Å². The van der Waals surface area contributed by atoms with Crippen LogP contribution in [0, 0.1) is 24.6 Å². The van der Waals surface area contributed by atoms with Gasteiger partial charge in [0.05, 0.1) is 5.92 Å². The fraction of sp³-hybridized carbons (Fsp3) is 0.440. The maximum absolute atomic E-state index is 13.8. The van der Waals surface area contributed by atoms with Crippen LogP contribution in [0.3, 0.4) is 0 Å². The third-order valence-electron chi connectivity index (χ3n) is 6.33. The molecule has 2 fully saturated rings. The van der Waals surface area contributed by atoms with Crippen LogP contribution in [0.1, 0.15) is 41.9 Å². The van der Waals surface area contributed by atoms with Crippen LogP contribution in [-0.2, 0) is 16.1 Å². The summed E-state index contributed by atoms with van der Waals surface area (Å²) in [6, 6.07) is 15.1. The molecule has 0 aromatic heterocycles. The van der Waals surface area contributed by atoms with Crippen molar-refractivity contribution in [2.75, 3.05) is 20.1 Å². The Bertz CT molecular complexity index is 926. The monoisotopic (exact) mass is 408 g/mol. The number of aryl methyl sites for hydroxylation is 1. The van der Waals surface area contributed by atoms with Gasteiger partial charge < -0.3 is 9.80 Å². The Labute approximate surface area is 177 Å². The van der Waals surface area contributed by atoms with Gasteiger partial charge in [-0.1, -0.05) is 42.5 Å². The second-order valence-electron chi connectivity index (χ2n) is 8.84. The molecule has 0 N–H and O–H groups in total. The van der Waals surface area contributed by atoms with Crippen molar-refractivity contribution in [3.63, 3.8) is 0 Å². The van der Waals surface area contributed by atoms with Gasteiger partial charge in [-0.05, 0) is 48.9 Å². The van der Waals surface area contributed by atoms with Crippen LogP contribution in [0.4, 0.5) is 4.39 Å². The zero-order valence-electron chi connectivity index (χ0n) is 17.7. The molecule has 0 spiro atoms. The number of piperidine rings is 1. The number of hydrogen-bond acceptors (Lipinski definition) is 2. The molecule has 1 heterocycles. The average molecular weight is 409 g/mol. The Morgan fingerprint density at radius 1 is 1.07 bits per heavy atom. The van der Waals surface area contributed by atoms with E-state index in [1.165, 1.54) is 6.07 Å². The van der Waals surface area contributed by atoms with Gasteiger partial charge in [0.2, 0.25) is 11.8 Å². The van der Waals surface area contributed by atoms with Crippen LogP contribution >= 0.6 is 0 Å². The van der Waals surface area contributed by atoms with E-state index in [2.05, 4.69) is 0 Å². The topological polar surface area (TPSA) is 40.6 Å². The molecule has 2 aliphatic rings. The number of rotatable bonds is 5. The summed E-state index contributed by atoms with van der Waals surface area (Å²) in [5.74, 6) is -0.0735. The van der Waals surface area contributed by atoms with E-state index in [1.807, 2.05) is 48.3 Å². The van der Waals surface area contributed by atoms with E-state index in [4.69, 9.17) is 0 Å². The highest BCUT2D eigenvalue weighted by Crippen LogP contribution is 2.37. The molecule has 4 nitrogen and oxygen atoms in total. The van der Waals surface area contributed by atoms with Gasteiger partial charge in [0.1, 0.15) is 5.82 Å². The molecule has 1 saturated heterocycles. The van der Waals surface area contributed by atoms with Gasteiger partial charge >= 0.3 is 0 Å². The summed E-state index contributed by atoms with van der Waals surface area (Å²) in [5, 5.41) is 0. The minimum atomic E-state index is -0.245. The van der Waals surface area contributed by atoms with Crippen molar-refractivity contribution in [2.24, 2.45) is 11.8 Å². The second-order valence-corrected chi connectivity index (χ2v) is 8.84. The Hall–Kier alpha value is -2.69. The quantitative estimate of drug-likeness (QED) is 0.746. The van der Waals surface area contributed by atoms with E-state index in [0.717, 1.165) is 24.0 Å². The number of likely N-dealkylation sites (tertiary alicyclic amines) is 1. The lowest BCUT2D eigenvalue weighted by Crippen LogP contribution is -2.48. The van der Waals surface area contributed by atoms with Gasteiger partial charge in [-0.25, -0.2) is 4.39 Å². The zero-order valence-corrected chi connectivity index (χ0v) is 17.7. The van der Waals surface area contributed by atoms with Gasteiger partial charge in [0.25, 0.3) is 0 Å². The molecular formula is C25H29FN2O2. The van der Waals surface area contributed by atoms with Crippen molar-refractivity contribution in [3.8, 4) is 0 Å². The first-order valence-corrected chi connectivity index (χ1v) is 10.8. The lowest BCUT2D eigenvalue weighted by Gasteiger charge is -2.39. The molecule has 1 aliphatic carbocycles. The Morgan fingerprint density at radius 3 is 2.47 bits per heavy atom. The predicted octanol–water partition coefficient (Wildman–Crippen LogP) is 4.13. The molecule has 4 rings (SSSR count). The van der Waals surface area contributed by atoms with Gasteiger partial charge in [0, 0.05) is 38.5 Å². The van der Waals surface area contributed by atoms with E-state index in [-0.39, 0.29) is 35.4 Å². The maximum atomic E-state index is 13.8. The number of nitrogens with zero attached hydrogens (tertiary/aromatic N) is 2. The third kappa shape index (κ3) is 4.55. The number of halogens is 1. The summed E-state index contributed by atoms with van der Waals surface area (Å²) in [5.41, 5.74) is 2.69. The molecule has 2 unspecified atom stereocenters. The van der Waals surface area contributed by atoms with Crippen molar-refractivity contribution in [1.29, 1.82) is 0 Å². The molecule has 2 aromatic rings. The molecule has 0 bridgehead atoms. The normalized spacial score (nSPS) is 21.4. The molecular weight excluding hydrogens is 379 g/mol. The standard InChI is InChI=1S/C25H29FN2O2/c1-17-12-20(10-11-23(17)26)21-13-22(16-28(15-21)25(30)19-8-9-19)24(29)27(2)14-18-6-4-3-5-7-18/h3-7,10-12,19,21-22H,8-9,13-16H2,1-2H3. The highest BCUT2D eigenvalue weighted by atomic mass is 19.1. The minimum absolute atomic E-state index is 0.0415. The van der Waals surface area contributed by atoms with Crippen LogP contribution in [0.2, 0.25) is 0 Å². The number of carbonyl (C=O) groups is 2. The summed E-state index contributed by atoms with van der Waals surface area (Å²) < 4.78 is 13.8. The molecule has 2 aromatic carbocycles. The lowest BCUT2D eigenvalue weighted by molar-refractivity contribution is -0.141. The van der Waals surface area contributed by atoms with Crippen LogP contribution in [0.15, 0.2) is 48.5 Å². The first kappa shape index (κ1) is 20.6. The average Bonchev–Trinajstić information content (AvgIpc) is 3.60. The van der Waals surface area contributed by atoms with E-state index in [9.17, 15) is 14.0 Å². The molecule has 2 amide bonds. The highest BCUT2D eigenvalue weighted by molar-refractivity contribution is 5.83. The molecule has 0 radical (unpaired) electrons. The summed E-state index contributed by atoms with van der Waals surface area (Å²) in [6.07, 6.45) is 2.57. The third-order valence-corrected chi connectivity index (χ3v) is 6.33. The number of carbonyl (C=O) groups excluding carboxylic acids is 2. The van der Waals surface area contributed by atoms with Crippen LogP contribution in [-0.4, -0.2) is 41.8 Å². The van der Waals surface area contributed by atoms with Gasteiger partial charge in [0.15, 0.2) is 0 Å². The van der Waals surface area contributed by atoms with Crippen LogP contribution in [0.25, 0.3) is 0 Å². The number of benzene rings is 2. The fourth-order valence-corrected chi connectivity index (χ4v) is 4.46. The number of amides is 2. The van der Waals surface area contributed by atoms with E-state index >= 15 is 0 Å². The molecule has 30 heavy (non-hydrogen) atoms. The van der Waals surface area contributed by atoms with E-state index < -0.39 is 0 Å². The largest absolute Gasteiger partial charge is 0.341 e. The van der Waals surface area contributed by atoms with Crippen molar-refractivity contribution in [2.45, 2.75) is 38.6 Å². The Kier molecular flexibility index (Phi) is 5.89.